The summed E-state index contributed by atoms with van der Waals surface area (Å²) in [5.41, 5.74) is -0.139. The number of hydrogen-bond donors (Lipinski definition) is 0. The molecule has 1 atom stereocenters. The van der Waals surface area contributed by atoms with Crippen LogP contribution in [-0.4, -0.2) is 6.29 Å². The average molecular weight is 184 g/mol. The third-order valence-electron chi connectivity index (χ3n) is 2.75. The van der Waals surface area contributed by atoms with Gasteiger partial charge in [-0.05, 0) is 24.7 Å². The summed E-state index contributed by atoms with van der Waals surface area (Å²) in [4.78, 5) is 10.9. The molecular formula is C12H24O. The Hall–Kier alpha value is -0.330. The van der Waals surface area contributed by atoms with Gasteiger partial charge in [0, 0.05) is 5.41 Å². The largest absolute Gasteiger partial charge is 0.303 e. The molecule has 0 N–H and O–H groups in total. The van der Waals surface area contributed by atoms with E-state index >= 15 is 0 Å². The molecule has 0 heterocycles. The predicted molar refractivity (Wildman–Crippen MR) is 57.7 cm³/mol. The molecule has 78 valence electrons. The lowest BCUT2D eigenvalue weighted by Gasteiger charge is -2.30. The summed E-state index contributed by atoms with van der Waals surface area (Å²) in [6, 6.07) is 0. The van der Waals surface area contributed by atoms with Crippen molar-refractivity contribution in [3.05, 3.63) is 0 Å². The van der Waals surface area contributed by atoms with Crippen molar-refractivity contribution in [1.29, 1.82) is 0 Å². The summed E-state index contributed by atoms with van der Waals surface area (Å²) in [5.74, 6) is 1.24. The molecule has 0 amide bonds. The van der Waals surface area contributed by atoms with Crippen molar-refractivity contribution in [2.75, 3.05) is 0 Å². The molecule has 0 aromatic heterocycles. The van der Waals surface area contributed by atoms with Gasteiger partial charge < -0.3 is 4.79 Å². The maximum atomic E-state index is 10.9. The van der Waals surface area contributed by atoms with E-state index in [0.29, 0.717) is 11.8 Å². The Labute approximate surface area is 82.9 Å². The van der Waals surface area contributed by atoms with Crippen molar-refractivity contribution in [2.45, 2.75) is 53.9 Å². The van der Waals surface area contributed by atoms with Crippen molar-refractivity contribution >= 4 is 6.29 Å². The first-order chi connectivity index (χ1) is 5.94. The molecule has 0 aromatic rings. The molecule has 0 aliphatic heterocycles. The Bertz CT molecular complexity index is 147. The molecule has 0 bridgehead atoms. The highest BCUT2D eigenvalue weighted by Crippen LogP contribution is 2.33. The minimum Gasteiger partial charge on any atom is -0.303 e. The Morgan fingerprint density at radius 3 is 2.15 bits per heavy atom. The topological polar surface area (TPSA) is 17.1 Å². The number of rotatable bonds is 6. The molecule has 0 saturated heterocycles. The summed E-state index contributed by atoms with van der Waals surface area (Å²) in [6.07, 6.45) is 4.63. The van der Waals surface area contributed by atoms with Crippen LogP contribution in [0.5, 0.6) is 0 Å². The minimum absolute atomic E-state index is 0.139. The maximum Gasteiger partial charge on any atom is 0.125 e. The summed E-state index contributed by atoms with van der Waals surface area (Å²) in [5, 5.41) is 0. The molecule has 1 heteroatoms. The van der Waals surface area contributed by atoms with Gasteiger partial charge in [0.15, 0.2) is 0 Å². The van der Waals surface area contributed by atoms with Crippen LogP contribution in [0.1, 0.15) is 53.9 Å². The zero-order valence-corrected chi connectivity index (χ0v) is 9.76. The van der Waals surface area contributed by atoms with Gasteiger partial charge in [-0.2, -0.15) is 0 Å². The quantitative estimate of drug-likeness (QED) is 0.576. The van der Waals surface area contributed by atoms with Gasteiger partial charge in [0.05, 0.1) is 0 Å². The Kier molecular flexibility index (Phi) is 5.27. The first kappa shape index (κ1) is 12.7. The second-order valence-electron chi connectivity index (χ2n) is 5.05. The van der Waals surface area contributed by atoms with E-state index in [1.165, 1.54) is 19.3 Å². The molecule has 1 nitrogen and oxygen atoms in total. The molecular weight excluding hydrogens is 160 g/mol. The van der Waals surface area contributed by atoms with Gasteiger partial charge in [-0.15, -0.1) is 0 Å². The molecule has 0 aliphatic rings. The van der Waals surface area contributed by atoms with Gasteiger partial charge in [-0.3, -0.25) is 0 Å². The second-order valence-corrected chi connectivity index (χ2v) is 5.05. The lowest BCUT2D eigenvalue weighted by atomic mass is 9.74. The molecule has 0 saturated carbocycles. The highest BCUT2D eigenvalue weighted by molar-refractivity contribution is 5.58. The van der Waals surface area contributed by atoms with Gasteiger partial charge >= 0.3 is 0 Å². The van der Waals surface area contributed by atoms with E-state index in [1.54, 1.807) is 0 Å². The standard InChI is InChI=1S/C12H24O/c1-6-7-11(8-10(2)3)12(4,5)9-13/h9-11H,6-8H2,1-5H3. The lowest BCUT2D eigenvalue weighted by Crippen LogP contribution is -2.26. The molecule has 0 aliphatic carbocycles. The monoisotopic (exact) mass is 184 g/mol. The van der Waals surface area contributed by atoms with Crippen LogP contribution in [0.3, 0.4) is 0 Å². The third-order valence-corrected chi connectivity index (χ3v) is 2.75. The van der Waals surface area contributed by atoms with Crippen molar-refractivity contribution < 1.29 is 4.79 Å². The van der Waals surface area contributed by atoms with Crippen LogP contribution in [0.2, 0.25) is 0 Å². The van der Waals surface area contributed by atoms with E-state index in [4.69, 9.17) is 0 Å². The number of carbonyl (C=O) groups is 1. The van der Waals surface area contributed by atoms with E-state index in [2.05, 4.69) is 34.6 Å². The van der Waals surface area contributed by atoms with Crippen molar-refractivity contribution in [3.8, 4) is 0 Å². The van der Waals surface area contributed by atoms with Crippen molar-refractivity contribution in [2.24, 2.45) is 17.3 Å². The van der Waals surface area contributed by atoms with Crippen LogP contribution in [0.25, 0.3) is 0 Å². The smallest absolute Gasteiger partial charge is 0.125 e. The average Bonchev–Trinajstić information content (AvgIpc) is 2.03. The summed E-state index contributed by atoms with van der Waals surface area (Å²) >= 11 is 0. The zero-order chi connectivity index (χ0) is 10.5. The summed E-state index contributed by atoms with van der Waals surface area (Å²) in [6.45, 7) is 10.8. The Morgan fingerprint density at radius 1 is 1.31 bits per heavy atom. The fraction of sp³-hybridized carbons (Fsp3) is 0.917. The van der Waals surface area contributed by atoms with Crippen molar-refractivity contribution in [3.63, 3.8) is 0 Å². The van der Waals surface area contributed by atoms with E-state index in [9.17, 15) is 4.79 Å². The van der Waals surface area contributed by atoms with Crippen LogP contribution in [0.15, 0.2) is 0 Å². The first-order valence-electron chi connectivity index (χ1n) is 5.40. The van der Waals surface area contributed by atoms with Crippen molar-refractivity contribution in [1.82, 2.24) is 0 Å². The van der Waals surface area contributed by atoms with Gasteiger partial charge in [0.2, 0.25) is 0 Å². The Balaban J connectivity index is 4.30. The number of hydrogen-bond acceptors (Lipinski definition) is 1. The van der Waals surface area contributed by atoms with E-state index in [1.807, 2.05) is 0 Å². The summed E-state index contributed by atoms with van der Waals surface area (Å²) < 4.78 is 0. The number of carbonyl (C=O) groups excluding carboxylic acids is 1. The molecule has 13 heavy (non-hydrogen) atoms. The van der Waals surface area contributed by atoms with E-state index in [0.717, 1.165) is 6.29 Å². The molecule has 0 aromatic carbocycles. The molecule has 1 unspecified atom stereocenters. The lowest BCUT2D eigenvalue weighted by molar-refractivity contribution is -0.117. The second kappa shape index (κ2) is 5.41. The van der Waals surface area contributed by atoms with Gasteiger partial charge in [0.1, 0.15) is 6.29 Å². The fourth-order valence-corrected chi connectivity index (χ4v) is 1.81. The summed E-state index contributed by atoms with van der Waals surface area (Å²) in [7, 11) is 0. The van der Waals surface area contributed by atoms with Gasteiger partial charge in [0.25, 0.3) is 0 Å². The number of aldehydes is 1. The van der Waals surface area contributed by atoms with E-state index < -0.39 is 0 Å². The minimum atomic E-state index is -0.139. The van der Waals surface area contributed by atoms with Crippen LogP contribution in [-0.2, 0) is 4.79 Å². The Morgan fingerprint density at radius 2 is 1.85 bits per heavy atom. The van der Waals surface area contributed by atoms with Crippen LogP contribution >= 0.6 is 0 Å². The molecule has 0 fully saturated rings. The van der Waals surface area contributed by atoms with E-state index in [-0.39, 0.29) is 5.41 Å². The first-order valence-corrected chi connectivity index (χ1v) is 5.40. The predicted octanol–water partition coefficient (Wildman–Crippen LogP) is 3.67. The highest BCUT2D eigenvalue weighted by Gasteiger charge is 2.28. The molecule has 0 rings (SSSR count). The molecule has 0 spiro atoms. The van der Waals surface area contributed by atoms with Gasteiger partial charge in [-0.1, -0.05) is 41.0 Å². The van der Waals surface area contributed by atoms with Crippen LogP contribution in [0, 0.1) is 17.3 Å². The van der Waals surface area contributed by atoms with Gasteiger partial charge in [-0.25, -0.2) is 0 Å². The zero-order valence-electron chi connectivity index (χ0n) is 9.76. The third kappa shape index (κ3) is 4.44. The van der Waals surface area contributed by atoms with Crippen LogP contribution < -0.4 is 0 Å². The highest BCUT2D eigenvalue weighted by atomic mass is 16.1. The normalized spacial score (nSPS) is 14.6. The maximum absolute atomic E-state index is 10.9. The SMILES string of the molecule is CCCC(CC(C)C)C(C)(C)C=O. The fourth-order valence-electron chi connectivity index (χ4n) is 1.81. The molecule has 0 radical (unpaired) electrons. The van der Waals surface area contributed by atoms with Crippen LogP contribution in [0.4, 0.5) is 0 Å².